The van der Waals surface area contributed by atoms with Crippen molar-refractivity contribution >= 4 is 52.6 Å². The molecular weight excluding hydrogens is 475 g/mol. The molecule has 1 aliphatic carbocycles. The van der Waals surface area contributed by atoms with Gasteiger partial charge in [0.2, 0.25) is 11.8 Å². The smallest absolute Gasteiger partial charge is 0.325 e. The van der Waals surface area contributed by atoms with Crippen molar-refractivity contribution in [1.29, 1.82) is 0 Å². The number of fused-ring (bicyclic) bond motifs is 1. The van der Waals surface area contributed by atoms with Gasteiger partial charge in [0, 0.05) is 17.1 Å². The summed E-state index contributed by atoms with van der Waals surface area (Å²) in [7, 11) is 0. The van der Waals surface area contributed by atoms with E-state index >= 15 is 0 Å². The SMILES string of the molecule is CCC(C)C1(C(=O)O)NC(c2cc(Cl)cc(Cl)c2Cl)C2C(=O)N(C3CCCCC3)C(=O)C21. The Morgan fingerprint density at radius 1 is 1.19 bits per heavy atom. The molecule has 0 bridgehead atoms. The van der Waals surface area contributed by atoms with Gasteiger partial charge in [-0.1, -0.05) is 74.3 Å². The molecular formula is C23H27Cl3N2O4. The second-order valence-corrected chi connectivity index (χ2v) is 10.5. The molecule has 2 N–H and O–H groups in total. The third-order valence-corrected chi connectivity index (χ3v) is 8.70. The molecule has 5 unspecified atom stereocenters. The molecule has 2 heterocycles. The average Bonchev–Trinajstić information content (AvgIpc) is 3.25. The van der Waals surface area contributed by atoms with Crippen molar-refractivity contribution < 1.29 is 19.5 Å². The van der Waals surface area contributed by atoms with Crippen LogP contribution in [0, 0.1) is 17.8 Å². The number of aliphatic carboxylic acids is 1. The minimum absolute atomic E-state index is 0.183. The molecule has 0 aromatic heterocycles. The molecule has 0 radical (unpaired) electrons. The highest BCUT2D eigenvalue weighted by Crippen LogP contribution is 2.54. The normalized spacial score (nSPS) is 31.8. The van der Waals surface area contributed by atoms with E-state index < -0.39 is 41.2 Å². The monoisotopic (exact) mass is 500 g/mol. The van der Waals surface area contributed by atoms with Gasteiger partial charge in [-0.15, -0.1) is 0 Å². The van der Waals surface area contributed by atoms with Crippen molar-refractivity contribution in [2.75, 3.05) is 0 Å². The van der Waals surface area contributed by atoms with Crippen LogP contribution in [0.15, 0.2) is 12.1 Å². The molecule has 6 nitrogen and oxygen atoms in total. The number of nitrogens with zero attached hydrogens (tertiary/aromatic N) is 1. The van der Waals surface area contributed by atoms with Crippen molar-refractivity contribution in [2.45, 2.75) is 70.0 Å². The number of carboxylic acid groups (broad SMARTS) is 1. The first-order chi connectivity index (χ1) is 15.1. The van der Waals surface area contributed by atoms with Crippen LogP contribution in [0.1, 0.15) is 64.0 Å². The molecule has 3 fully saturated rings. The Morgan fingerprint density at radius 3 is 2.44 bits per heavy atom. The first kappa shape index (κ1) is 23.8. The Balaban J connectivity index is 1.88. The van der Waals surface area contributed by atoms with E-state index in [-0.39, 0.29) is 22.0 Å². The predicted octanol–water partition coefficient (Wildman–Crippen LogP) is 5.09. The average molecular weight is 502 g/mol. The summed E-state index contributed by atoms with van der Waals surface area (Å²) in [6, 6.07) is 2.12. The summed E-state index contributed by atoms with van der Waals surface area (Å²) in [6.45, 7) is 3.68. The summed E-state index contributed by atoms with van der Waals surface area (Å²) >= 11 is 19.0. The molecule has 4 rings (SSSR count). The second-order valence-electron chi connectivity index (χ2n) is 9.24. The maximum Gasteiger partial charge on any atom is 0.325 e. The van der Waals surface area contributed by atoms with Gasteiger partial charge in [0.15, 0.2) is 0 Å². The number of carbonyl (C=O) groups is 3. The number of carboxylic acids is 1. The van der Waals surface area contributed by atoms with Crippen molar-refractivity contribution in [1.82, 2.24) is 10.2 Å². The summed E-state index contributed by atoms with van der Waals surface area (Å²) in [4.78, 5) is 41.6. The van der Waals surface area contributed by atoms with Crippen LogP contribution in [0.3, 0.4) is 0 Å². The molecule has 0 spiro atoms. The molecule has 1 aromatic rings. The summed E-state index contributed by atoms with van der Waals surface area (Å²) in [5, 5.41) is 14.3. The van der Waals surface area contributed by atoms with E-state index in [1.807, 2.05) is 6.92 Å². The van der Waals surface area contributed by atoms with Gasteiger partial charge < -0.3 is 5.11 Å². The van der Waals surface area contributed by atoms with Gasteiger partial charge in [-0.05, 0) is 36.5 Å². The molecule has 32 heavy (non-hydrogen) atoms. The minimum atomic E-state index is -1.60. The molecule has 2 amide bonds. The van der Waals surface area contributed by atoms with Gasteiger partial charge in [-0.2, -0.15) is 0 Å². The van der Waals surface area contributed by atoms with Gasteiger partial charge in [0.05, 0.1) is 21.9 Å². The summed E-state index contributed by atoms with van der Waals surface area (Å²) in [6.07, 6.45) is 4.99. The number of rotatable bonds is 5. The molecule has 1 aromatic carbocycles. The van der Waals surface area contributed by atoms with Crippen LogP contribution < -0.4 is 5.32 Å². The van der Waals surface area contributed by atoms with E-state index in [0.29, 0.717) is 17.0 Å². The van der Waals surface area contributed by atoms with Crippen LogP contribution in [0.2, 0.25) is 15.1 Å². The zero-order valence-electron chi connectivity index (χ0n) is 18.0. The van der Waals surface area contributed by atoms with E-state index in [0.717, 1.165) is 32.1 Å². The molecule has 1 saturated carbocycles. The fourth-order valence-corrected chi connectivity index (χ4v) is 6.65. The lowest BCUT2D eigenvalue weighted by atomic mass is 9.72. The maximum absolute atomic E-state index is 13.7. The lowest BCUT2D eigenvalue weighted by Gasteiger charge is -2.37. The number of hydrogen-bond donors (Lipinski definition) is 2. The number of benzene rings is 1. The number of carbonyl (C=O) groups excluding carboxylic acids is 2. The van der Waals surface area contributed by atoms with E-state index in [1.165, 1.54) is 11.0 Å². The Morgan fingerprint density at radius 2 is 1.84 bits per heavy atom. The summed E-state index contributed by atoms with van der Waals surface area (Å²) in [5.74, 6) is -4.18. The van der Waals surface area contributed by atoms with E-state index in [9.17, 15) is 19.5 Å². The summed E-state index contributed by atoms with van der Waals surface area (Å²) < 4.78 is 0. The number of hydrogen-bond acceptors (Lipinski definition) is 4. The van der Waals surface area contributed by atoms with Crippen molar-refractivity contribution in [2.24, 2.45) is 17.8 Å². The fraction of sp³-hybridized carbons (Fsp3) is 0.609. The zero-order chi connectivity index (χ0) is 23.4. The van der Waals surface area contributed by atoms with E-state index in [4.69, 9.17) is 34.8 Å². The Labute approximate surface area is 202 Å². The molecule has 2 saturated heterocycles. The number of halogens is 3. The quantitative estimate of drug-likeness (QED) is 0.433. The maximum atomic E-state index is 13.7. The molecule has 2 aliphatic heterocycles. The molecule has 3 aliphatic rings. The minimum Gasteiger partial charge on any atom is -0.480 e. The zero-order valence-corrected chi connectivity index (χ0v) is 20.3. The number of likely N-dealkylation sites (tertiary alicyclic amines) is 1. The van der Waals surface area contributed by atoms with Crippen LogP contribution in [-0.2, 0) is 14.4 Å². The first-order valence-corrected chi connectivity index (χ1v) is 12.3. The summed E-state index contributed by atoms with van der Waals surface area (Å²) in [5.41, 5.74) is -1.16. The van der Waals surface area contributed by atoms with Crippen LogP contribution >= 0.6 is 34.8 Å². The van der Waals surface area contributed by atoms with Crippen molar-refractivity contribution in [3.8, 4) is 0 Å². The standard InChI is InChI=1S/C23H27Cl3N2O4/c1-3-11(2)23(22(31)32)17-16(19(27-23)14-9-12(24)10-15(25)18(14)26)20(29)28(21(17)30)13-7-5-4-6-8-13/h9-11,13,16-17,19,27H,3-8H2,1-2H3,(H,31,32). The number of nitrogens with one attached hydrogen (secondary N) is 1. The van der Waals surface area contributed by atoms with E-state index in [1.54, 1.807) is 13.0 Å². The van der Waals surface area contributed by atoms with Gasteiger partial charge >= 0.3 is 5.97 Å². The Bertz CT molecular complexity index is 965. The van der Waals surface area contributed by atoms with Crippen LogP contribution in [-0.4, -0.2) is 39.4 Å². The largest absolute Gasteiger partial charge is 0.480 e. The predicted molar refractivity (Wildman–Crippen MR) is 123 cm³/mol. The molecule has 174 valence electrons. The second kappa shape index (κ2) is 8.79. The van der Waals surface area contributed by atoms with Crippen molar-refractivity contribution in [3.05, 3.63) is 32.8 Å². The first-order valence-electron chi connectivity index (χ1n) is 11.2. The lowest BCUT2D eigenvalue weighted by Crippen LogP contribution is -2.60. The molecule has 5 atom stereocenters. The van der Waals surface area contributed by atoms with Crippen molar-refractivity contribution in [3.63, 3.8) is 0 Å². The van der Waals surface area contributed by atoms with Gasteiger partial charge in [0.1, 0.15) is 5.54 Å². The topological polar surface area (TPSA) is 86.7 Å². The highest BCUT2D eigenvalue weighted by Gasteiger charge is 2.70. The Kier molecular flexibility index (Phi) is 6.54. The van der Waals surface area contributed by atoms with Crippen LogP contribution in [0.5, 0.6) is 0 Å². The number of amides is 2. The van der Waals surface area contributed by atoms with Crippen LogP contribution in [0.25, 0.3) is 0 Å². The third-order valence-electron chi connectivity index (χ3n) is 7.67. The Hall–Kier alpha value is -1.34. The highest BCUT2D eigenvalue weighted by atomic mass is 35.5. The fourth-order valence-electron chi connectivity index (χ4n) is 5.91. The third kappa shape index (κ3) is 3.46. The van der Waals surface area contributed by atoms with Crippen LogP contribution in [0.4, 0.5) is 0 Å². The van der Waals surface area contributed by atoms with Gasteiger partial charge in [0.25, 0.3) is 0 Å². The van der Waals surface area contributed by atoms with Gasteiger partial charge in [-0.25, -0.2) is 0 Å². The number of imide groups is 1. The molecule has 9 heteroatoms. The highest BCUT2D eigenvalue weighted by molar-refractivity contribution is 6.43. The van der Waals surface area contributed by atoms with E-state index in [2.05, 4.69) is 5.32 Å². The lowest BCUT2D eigenvalue weighted by molar-refractivity contribution is -0.155. The van der Waals surface area contributed by atoms with Gasteiger partial charge in [-0.3, -0.25) is 24.6 Å².